The van der Waals surface area contributed by atoms with Crippen molar-refractivity contribution in [2.24, 2.45) is 0 Å². The molecular weight excluding hydrogens is 362 g/mol. The third-order valence-electron chi connectivity index (χ3n) is 4.73. The first-order chi connectivity index (χ1) is 11.9. The number of ether oxygens (including phenoxy) is 1. The third-order valence-corrected chi connectivity index (χ3v) is 7.08. The summed E-state index contributed by atoms with van der Waals surface area (Å²) in [5.74, 6) is 0.509. The lowest BCUT2D eigenvalue weighted by atomic mass is 9.89. The summed E-state index contributed by atoms with van der Waals surface area (Å²) in [7, 11) is -3.73. The minimum atomic E-state index is -3.73. The maximum Gasteiger partial charge on any atom is 0.244 e. The van der Waals surface area contributed by atoms with Gasteiger partial charge in [0.05, 0.1) is 23.6 Å². The van der Waals surface area contributed by atoms with E-state index < -0.39 is 15.6 Å². The average Bonchev–Trinajstić information content (AvgIpc) is 2.99. The fourth-order valence-corrected chi connectivity index (χ4v) is 5.49. The highest BCUT2D eigenvalue weighted by molar-refractivity contribution is 7.89. The Balaban J connectivity index is 1.64. The highest BCUT2D eigenvalue weighted by Gasteiger charge is 2.49. The summed E-state index contributed by atoms with van der Waals surface area (Å²) in [6.07, 6.45) is 0.648. The van der Waals surface area contributed by atoms with Crippen LogP contribution in [0.15, 0.2) is 53.4 Å². The van der Waals surface area contributed by atoms with Crippen LogP contribution in [0.3, 0.4) is 0 Å². The minimum Gasteiger partial charge on any atom is -0.485 e. The molecule has 5 nitrogen and oxygen atoms in total. The number of ketones is 1. The van der Waals surface area contributed by atoms with Gasteiger partial charge in [-0.1, -0.05) is 35.9 Å². The van der Waals surface area contributed by atoms with E-state index in [4.69, 9.17) is 16.3 Å². The van der Waals surface area contributed by atoms with Gasteiger partial charge in [-0.05, 0) is 24.3 Å². The molecule has 2 aliphatic rings. The van der Waals surface area contributed by atoms with E-state index in [1.54, 1.807) is 42.5 Å². The van der Waals surface area contributed by atoms with Crippen molar-refractivity contribution in [2.75, 3.05) is 13.1 Å². The second kappa shape index (κ2) is 5.83. The number of sulfonamides is 1. The molecule has 1 saturated heterocycles. The topological polar surface area (TPSA) is 63.7 Å². The first-order valence-corrected chi connectivity index (χ1v) is 9.79. The van der Waals surface area contributed by atoms with Gasteiger partial charge in [-0.3, -0.25) is 4.79 Å². The fourth-order valence-electron chi connectivity index (χ4n) is 3.48. The summed E-state index contributed by atoms with van der Waals surface area (Å²) in [5, 5.41) is 0.189. The van der Waals surface area contributed by atoms with Crippen molar-refractivity contribution >= 4 is 27.4 Å². The van der Waals surface area contributed by atoms with Gasteiger partial charge in [0.25, 0.3) is 0 Å². The van der Waals surface area contributed by atoms with Gasteiger partial charge in [0.15, 0.2) is 5.78 Å². The summed E-state index contributed by atoms with van der Waals surface area (Å²) in [6.45, 7) is 0.434. The Hall–Kier alpha value is -1.89. The van der Waals surface area contributed by atoms with Crippen molar-refractivity contribution in [3.63, 3.8) is 0 Å². The summed E-state index contributed by atoms with van der Waals surface area (Å²) in [4.78, 5) is 12.5. The van der Waals surface area contributed by atoms with Crippen molar-refractivity contribution in [1.82, 2.24) is 4.31 Å². The Kier molecular flexibility index (Phi) is 3.86. The van der Waals surface area contributed by atoms with Crippen LogP contribution < -0.4 is 4.74 Å². The molecule has 1 fully saturated rings. The van der Waals surface area contributed by atoms with Crippen LogP contribution in [0.1, 0.15) is 23.2 Å². The van der Waals surface area contributed by atoms with Crippen LogP contribution in [0, 0.1) is 0 Å². The predicted octanol–water partition coefficient (Wildman–Crippen LogP) is 3.14. The van der Waals surface area contributed by atoms with E-state index in [0.29, 0.717) is 24.3 Å². The van der Waals surface area contributed by atoms with Crippen molar-refractivity contribution in [3.8, 4) is 5.75 Å². The molecule has 2 aromatic carbocycles. The lowest BCUT2D eigenvalue weighted by molar-refractivity contribution is 0.0498. The first-order valence-electron chi connectivity index (χ1n) is 7.97. The normalized spacial score (nSPS) is 23.5. The number of carbonyl (C=O) groups is 1. The van der Waals surface area contributed by atoms with E-state index in [1.165, 1.54) is 10.4 Å². The zero-order valence-electron chi connectivity index (χ0n) is 13.3. The number of carbonyl (C=O) groups excluding carboxylic acids is 1. The fraction of sp³-hybridized carbons (Fsp3) is 0.278. The monoisotopic (exact) mass is 377 g/mol. The van der Waals surface area contributed by atoms with Gasteiger partial charge < -0.3 is 4.74 Å². The molecular formula is C18H16ClNO4S. The molecule has 0 radical (unpaired) electrons. The number of Topliss-reactive ketones (excluding diaryl/α,β-unsaturated/α-hetero) is 1. The lowest BCUT2D eigenvalue weighted by Gasteiger charge is -2.34. The SMILES string of the molecule is O=C1C[C@@]2(CCN(S(=O)(=O)c3ccccc3Cl)C2)Oc2ccccc21. The Bertz CT molecular complexity index is 959. The molecule has 1 spiro atoms. The van der Waals surface area contributed by atoms with Crippen LogP contribution >= 0.6 is 11.6 Å². The summed E-state index contributed by atoms with van der Waals surface area (Å²) in [6, 6.07) is 13.5. The number of hydrogen-bond acceptors (Lipinski definition) is 4. The summed E-state index contributed by atoms with van der Waals surface area (Å²) in [5.41, 5.74) is -0.250. The molecule has 7 heteroatoms. The zero-order valence-corrected chi connectivity index (χ0v) is 14.9. The second-order valence-electron chi connectivity index (χ2n) is 6.40. The van der Waals surface area contributed by atoms with Crippen molar-refractivity contribution in [1.29, 1.82) is 0 Å². The molecule has 2 aliphatic heterocycles. The number of fused-ring (bicyclic) bond motifs is 1. The van der Waals surface area contributed by atoms with E-state index in [1.807, 2.05) is 0 Å². The third kappa shape index (κ3) is 2.74. The molecule has 2 heterocycles. The van der Waals surface area contributed by atoms with Crippen molar-refractivity contribution < 1.29 is 17.9 Å². The highest BCUT2D eigenvalue weighted by atomic mass is 35.5. The zero-order chi connectivity index (χ0) is 17.7. The number of benzene rings is 2. The van der Waals surface area contributed by atoms with E-state index in [0.717, 1.165) is 0 Å². The van der Waals surface area contributed by atoms with Gasteiger partial charge in [0.2, 0.25) is 10.0 Å². The molecule has 0 saturated carbocycles. The van der Waals surface area contributed by atoms with Gasteiger partial charge in [-0.2, -0.15) is 4.31 Å². The molecule has 25 heavy (non-hydrogen) atoms. The Morgan fingerprint density at radius 1 is 1.08 bits per heavy atom. The minimum absolute atomic E-state index is 0.0150. The molecule has 0 bridgehead atoms. The van der Waals surface area contributed by atoms with Gasteiger partial charge in [0.1, 0.15) is 16.2 Å². The van der Waals surface area contributed by atoms with Gasteiger partial charge in [0, 0.05) is 13.0 Å². The maximum absolute atomic E-state index is 12.9. The van der Waals surface area contributed by atoms with Crippen molar-refractivity contribution in [3.05, 3.63) is 59.1 Å². The molecule has 1 atom stereocenters. The number of rotatable bonds is 2. The van der Waals surface area contributed by atoms with Gasteiger partial charge in [-0.15, -0.1) is 0 Å². The molecule has 4 rings (SSSR count). The Morgan fingerprint density at radius 3 is 2.60 bits per heavy atom. The largest absolute Gasteiger partial charge is 0.485 e. The lowest BCUT2D eigenvalue weighted by Crippen LogP contribution is -2.45. The van der Waals surface area contributed by atoms with E-state index in [2.05, 4.69) is 0 Å². The van der Waals surface area contributed by atoms with E-state index >= 15 is 0 Å². The van der Waals surface area contributed by atoms with Gasteiger partial charge in [-0.25, -0.2) is 8.42 Å². The van der Waals surface area contributed by atoms with Crippen molar-refractivity contribution in [2.45, 2.75) is 23.3 Å². The molecule has 0 unspecified atom stereocenters. The van der Waals surface area contributed by atoms with Crippen LogP contribution in [0.25, 0.3) is 0 Å². The Labute approximate surface area is 151 Å². The molecule has 0 amide bonds. The standard InChI is InChI=1S/C18H16ClNO4S/c19-14-6-2-4-8-17(14)25(22,23)20-10-9-18(12-20)11-15(21)13-5-1-3-7-16(13)24-18/h1-8H,9-12H2/t18-/m1/s1. The molecule has 130 valence electrons. The quantitative estimate of drug-likeness (QED) is 0.806. The molecule has 0 aromatic heterocycles. The molecule has 0 aliphatic carbocycles. The van der Waals surface area contributed by atoms with Crippen LogP contribution in [-0.4, -0.2) is 37.2 Å². The average molecular weight is 378 g/mol. The van der Waals surface area contributed by atoms with E-state index in [9.17, 15) is 13.2 Å². The summed E-state index contributed by atoms with van der Waals surface area (Å²) < 4.78 is 33.3. The smallest absolute Gasteiger partial charge is 0.244 e. The number of nitrogens with zero attached hydrogens (tertiary/aromatic N) is 1. The molecule has 2 aromatic rings. The second-order valence-corrected chi connectivity index (χ2v) is 8.71. The number of hydrogen-bond donors (Lipinski definition) is 0. The highest BCUT2D eigenvalue weighted by Crippen LogP contribution is 2.40. The van der Waals surface area contributed by atoms with Crippen LogP contribution in [0.5, 0.6) is 5.75 Å². The van der Waals surface area contributed by atoms with Crippen LogP contribution in [0.2, 0.25) is 5.02 Å². The Morgan fingerprint density at radius 2 is 1.80 bits per heavy atom. The summed E-state index contributed by atoms with van der Waals surface area (Å²) >= 11 is 6.06. The van der Waals surface area contributed by atoms with Gasteiger partial charge >= 0.3 is 0 Å². The first kappa shape index (κ1) is 16.6. The number of para-hydroxylation sites is 1. The number of halogens is 1. The van der Waals surface area contributed by atoms with Crippen LogP contribution in [-0.2, 0) is 10.0 Å². The predicted molar refractivity (Wildman–Crippen MR) is 93.6 cm³/mol. The maximum atomic E-state index is 12.9. The van der Waals surface area contributed by atoms with Crippen LogP contribution in [0.4, 0.5) is 0 Å². The van der Waals surface area contributed by atoms with E-state index in [-0.39, 0.29) is 28.7 Å². The molecule has 0 N–H and O–H groups in total.